The quantitative estimate of drug-likeness (QED) is 0.717. The van der Waals surface area contributed by atoms with Gasteiger partial charge in [-0.1, -0.05) is 18.2 Å². The Morgan fingerprint density at radius 3 is 2.67 bits per heavy atom. The van der Waals surface area contributed by atoms with Crippen LogP contribution in [0.2, 0.25) is 0 Å². The van der Waals surface area contributed by atoms with Gasteiger partial charge in [-0.05, 0) is 38.8 Å². The van der Waals surface area contributed by atoms with Crippen LogP contribution in [0.15, 0.2) is 30.3 Å². The Morgan fingerprint density at radius 1 is 1.17 bits per heavy atom. The topological polar surface area (TPSA) is 39.4 Å². The van der Waals surface area contributed by atoms with Crippen molar-refractivity contribution in [2.24, 2.45) is 7.05 Å². The van der Waals surface area contributed by atoms with Gasteiger partial charge >= 0.3 is 0 Å². The number of hydrogen-bond acceptors (Lipinski definition) is 2. The minimum Gasteiger partial charge on any atom is -0.342 e. The van der Waals surface area contributed by atoms with E-state index in [0.717, 1.165) is 23.9 Å². The van der Waals surface area contributed by atoms with Gasteiger partial charge in [0.15, 0.2) is 0 Å². The molecule has 1 aliphatic heterocycles. The number of carbonyl (C=O) groups excluding carboxylic acids is 1. The van der Waals surface area contributed by atoms with Crippen LogP contribution < -0.4 is 0 Å². The van der Waals surface area contributed by atoms with Crippen LogP contribution in [0.4, 0.5) is 0 Å². The summed E-state index contributed by atoms with van der Waals surface area (Å²) >= 11 is 0. The van der Waals surface area contributed by atoms with E-state index in [1.54, 1.807) is 0 Å². The second-order valence-electron chi connectivity index (χ2n) is 6.75. The van der Waals surface area contributed by atoms with Crippen molar-refractivity contribution in [3.05, 3.63) is 36.0 Å². The molecule has 0 radical (unpaired) electrons. The first kappa shape index (κ1) is 15.3. The number of hydrogen-bond donors (Lipinski definition) is 0. The van der Waals surface area contributed by atoms with E-state index in [2.05, 4.69) is 54.3 Å². The van der Waals surface area contributed by atoms with Crippen molar-refractivity contribution in [1.29, 1.82) is 0 Å². The first-order valence-electron chi connectivity index (χ1n) is 8.62. The van der Waals surface area contributed by atoms with Gasteiger partial charge in [0.25, 0.3) is 5.91 Å². The number of nitrogens with zero attached hydrogens (tertiary/aromatic N) is 3. The molecule has 0 unspecified atom stereocenters. The standard InChI is InChI=1S/C19H23N3O2/c1-13(2)22-17(19(23)21-10-6-7-11-24-21)12-16-18(22)14-8-4-5-9-15(14)20(16)3/h4-5,8-9,12-13H,6-7,10-11H2,1-3H3. The fraction of sp³-hybridized carbons (Fsp3) is 0.421. The molecule has 0 saturated carbocycles. The van der Waals surface area contributed by atoms with E-state index >= 15 is 0 Å². The Labute approximate surface area is 141 Å². The largest absolute Gasteiger partial charge is 0.342 e. The fourth-order valence-corrected chi connectivity index (χ4v) is 3.72. The van der Waals surface area contributed by atoms with Crippen LogP contribution in [0, 0.1) is 0 Å². The maximum Gasteiger partial charge on any atom is 0.294 e. The highest BCUT2D eigenvalue weighted by Gasteiger charge is 2.27. The summed E-state index contributed by atoms with van der Waals surface area (Å²) in [7, 11) is 2.06. The molecule has 1 saturated heterocycles. The lowest BCUT2D eigenvalue weighted by molar-refractivity contribution is -0.144. The Balaban J connectivity index is 1.94. The zero-order valence-corrected chi connectivity index (χ0v) is 14.5. The van der Waals surface area contributed by atoms with Crippen molar-refractivity contribution in [2.75, 3.05) is 13.2 Å². The number of aromatic nitrogens is 2. The van der Waals surface area contributed by atoms with E-state index in [0.29, 0.717) is 18.8 Å². The highest BCUT2D eigenvalue weighted by Crippen LogP contribution is 2.33. The number of fused-ring (bicyclic) bond motifs is 3. The van der Waals surface area contributed by atoms with Crippen LogP contribution in [0.1, 0.15) is 43.2 Å². The van der Waals surface area contributed by atoms with Gasteiger partial charge in [-0.2, -0.15) is 0 Å². The molecule has 0 aliphatic carbocycles. The minimum absolute atomic E-state index is 0.0383. The highest BCUT2D eigenvalue weighted by molar-refractivity contribution is 6.10. The van der Waals surface area contributed by atoms with Crippen molar-refractivity contribution >= 4 is 27.8 Å². The highest BCUT2D eigenvalue weighted by atomic mass is 16.7. The molecule has 0 atom stereocenters. The van der Waals surface area contributed by atoms with Crippen LogP contribution in [0.5, 0.6) is 0 Å². The summed E-state index contributed by atoms with van der Waals surface area (Å²) in [5.41, 5.74) is 4.11. The van der Waals surface area contributed by atoms with Crippen LogP contribution in [0.3, 0.4) is 0 Å². The first-order valence-corrected chi connectivity index (χ1v) is 8.62. The summed E-state index contributed by atoms with van der Waals surface area (Å²) in [4.78, 5) is 18.6. The predicted octanol–water partition coefficient (Wildman–Crippen LogP) is 3.88. The maximum absolute atomic E-state index is 13.0. The van der Waals surface area contributed by atoms with E-state index in [-0.39, 0.29) is 11.9 Å². The second kappa shape index (κ2) is 5.67. The van der Waals surface area contributed by atoms with Gasteiger partial charge in [-0.3, -0.25) is 9.63 Å². The van der Waals surface area contributed by atoms with E-state index in [1.165, 1.54) is 16.0 Å². The molecular weight excluding hydrogens is 302 g/mol. The average Bonchev–Trinajstić information content (AvgIpc) is 3.12. The Morgan fingerprint density at radius 2 is 1.96 bits per heavy atom. The van der Waals surface area contributed by atoms with Crippen molar-refractivity contribution in [2.45, 2.75) is 32.7 Å². The van der Waals surface area contributed by atoms with Gasteiger partial charge in [0.05, 0.1) is 23.2 Å². The van der Waals surface area contributed by atoms with Crippen molar-refractivity contribution in [3.8, 4) is 0 Å². The van der Waals surface area contributed by atoms with Gasteiger partial charge < -0.3 is 9.13 Å². The number of rotatable bonds is 2. The number of para-hydroxylation sites is 1. The molecule has 3 heterocycles. The van der Waals surface area contributed by atoms with Gasteiger partial charge in [0.2, 0.25) is 0 Å². The molecule has 1 aliphatic rings. The lowest BCUT2D eigenvalue weighted by Gasteiger charge is -2.26. The molecule has 5 heteroatoms. The lowest BCUT2D eigenvalue weighted by atomic mass is 10.2. The lowest BCUT2D eigenvalue weighted by Crippen LogP contribution is -2.37. The molecule has 0 bridgehead atoms. The minimum atomic E-state index is -0.0383. The zero-order chi connectivity index (χ0) is 16.8. The average molecular weight is 325 g/mol. The van der Waals surface area contributed by atoms with E-state index in [1.807, 2.05) is 6.07 Å². The molecule has 1 aromatic carbocycles. The first-order chi connectivity index (χ1) is 11.6. The van der Waals surface area contributed by atoms with Crippen LogP contribution >= 0.6 is 0 Å². The number of aryl methyl sites for hydroxylation is 1. The molecule has 1 amide bonds. The summed E-state index contributed by atoms with van der Waals surface area (Å²) < 4.78 is 4.31. The summed E-state index contributed by atoms with van der Waals surface area (Å²) in [5.74, 6) is -0.0383. The monoisotopic (exact) mass is 325 g/mol. The molecule has 126 valence electrons. The Hall–Kier alpha value is -2.27. The smallest absolute Gasteiger partial charge is 0.294 e. The second-order valence-corrected chi connectivity index (χ2v) is 6.75. The SMILES string of the molecule is CC(C)n1c(C(=O)N2CCCCO2)cc2c1c1ccccc1n2C. The molecule has 5 nitrogen and oxygen atoms in total. The zero-order valence-electron chi connectivity index (χ0n) is 14.5. The third-order valence-electron chi connectivity index (χ3n) is 4.86. The fourth-order valence-electron chi connectivity index (χ4n) is 3.72. The third kappa shape index (κ3) is 2.15. The van der Waals surface area contributed by atoms with Gasteiger partial charge in [-0.25, -0.2) is 5.06 Å². The van der Waals surface area contributed by atoms with E-state index in [9.17, 15) is 4.79 Å². The van der Waals surface area contributed by atoms with Crippen LogP contribution in [-0.2, 0) is 11.9 Å². The van der Waals surface area contributed by atoms with Crippen molar-refractivity contribution in [1.82, 2.24) is 14.2 Å². The van der Waals surface area contributed by atoms with Crippen LogP contribution in [0.25, 0.3) is 21.9 Å². The molecule has 2 aromatic heterocycles. The number of benzene rings is 1. The summed E-state index contributed by atoms with van der Waals surface area (Å²) in [6, 6.07) is 10.5. The van der Waals surface area contributed by atoms with Gasteiger partial charge in [-0.15, -0.1) is 0 Å². The molecule has 0 spiro atoms. The number of carbonyl (C=O) groups is 1. The predicted molar refractivity (Wildman–Crippen MR) is 95.0 cm³/mol. The molecule has 24 heavy (non-hydrogen) atoms. The molecule has 4 rings (SSSR count). The summed E-state index contributed by atoms with van der Waals surface area (Å²) in [6.07, 6.45) is 2.01. The molecule has 0 N–H and O–H groups in total. The third-order valence-corrected chi connectivity index (χ3v) is 4.86. The molecular formula is C19H23N3O2. The number of amides is 1. The van der Waals surface area contributed by atoms with Gasteiger partial charge in [0, 0.05) is 25.0 Å². The Bertz CT molecular complexity index is 914. The van der Waals surface area contributed by atoms with Gasteiger partial charge in [0.1, 0.15) is 5.69 Å². The van der Waals surface area contributed by atoms with Crippen molar-refractivity contribution in [3.63, 3.8) is 0 Å². The molecule has 1 fully saturated rings. The molecule has 3 aromatic rings. The normalized spacial score (nSPS) is 15.8. The maximum atomic E-state index is 13.0. The Kier molecular flexibility index (Phi) is 3.61. The van der Waals surface area contributed by atoms with Crippen molar-refractivity contribution < 1.29 is 9.63 Å². The number of hydroxylamine groups is 2. The summed E-state index contributed by atoms with van der Waals surface area (Å²) in [6.45, 7) is 5.53. The van der Waals surface area contributed by atoms with E-state index < -0.39 is 0 Å². The van der Waals surface area contributed by atoms with Crippen LogP contribution in [-0.4, -0.2) is 33.3 Å². The summed E-state index contributed by atoms with van der Waals surface area (Å²) in [5, 5.41) is 2.71. The van der Waals surface area contributed by atoms with E-state index in [4.69, 9.17) is 4.84 Å².